The Labute approximate surface area is 149 Å². The van der Waals surface area contributed by atoms with Gasteiger partial charge in [-0.05, 0) is 37.3 Å². The van der Waals surface area contributed by atoms with Crippen LogP contribution in [0.5, 0.6) is 0 Å². The van der Waals surface area contributed by atoms with Gasteiger partial charge in [-0.15, -0.1) is 0 Å². The fraction of sp³-hybridized carbons (Fsp3) is 0.105. The summed E-state index contributed by atoms with van der Waals surface area (Å²) in [5.41, 5.74) is 3.98. The average molecular weight is 349 g/mol. The van der Waals surface area contributed by atoms with Gasteiger partial charge in [-0.25, -0.2) is 4.98 Å². The maximum atomic E-state index is 13.0. The van der Waals surface area contributed by atoms with E-state index in [-0.39, 0.29) is 6.54 Å². The summed E-state index contributed by atoms with van der Waals surface area (Å²) < 4.78 is 2.84. The molecule has 2 heterocycles. The summed E-state index contributed by atoms with van der Waals surface area (Å²) in [7, 11) is 0. The molecule has 3 aromatic rings. The molecule has 5 nitrogen and oxygen atoms in total. The topological polar surface area (TPSA) is 67.7 Å². The first-order valence-corrected chi connectivity index (χ1v) is 8.12. The van der Waals surface area contributed by atoms with Crippen LogP contribution in [0.1, 0.15) is 28.2 Å². The molecule has 1 aliphatic heterocycles. The van der Waals surface area contributed by atoms with E-state index in [9.17, 15) is 10.5 Å². The summed E-state index contributed by atoms with van der Waals surface area (Å²) in [6.07, 6.45) is 1.74. The SMILES string of the molecule is Cc1cnc2n1-c1ccc(C#N)cc1C(c1ccccc1Cl)=[N+]([O-])C2. The lowest BCUT2D eigenvalue weighted by atomic mass is 9.98. The van der Waals surface area contributed by atoms with Gasteiger partial charge in [0.05, 0.1) is 33.5 Å². The molecule has 0 radical (unpaired) electrons. The smallest absolute Gasteiger partial charge is 0.229 e. The zero-order chi connectivity index (χ0) is 17.6. The van der Waals surface area contributed by atoms with Crippen LogP contribution in [0, 0.1) is 23.5 Å². The molecule has 1 aromatic heterocycles. The summed E-state index contributed by atoms with van der Waals surface area (Å²) in [6, 6.07) is 14.7. The van der Waals surface area contributed by atoms with Crippen LogP contribution < -0.4 is 0 Å². The molecule has 0 spiro atoms. The predicted molar refractivity (Wildman–Crippen MR) is 95.0 cm³/mol. The van der Waals surface area contributed by atoms with Gasteiger partial charge in [0.25, 0.3) is 0 Å². The Morgan fingerprint density at radius 3 is 2.80 bits per heavy atom. The van der Waals surface area contributed by atoms with Gasteiger partial charge >= 0.3 is 0 Å². The lowest BCUT2D eigenvalue weighted by Gasteiger charge is -2.13. The lowest BCUT2D eigenvalue weighted by molar-refractivity contribution is -0.475. The second kappa shape index (κ2) is 5.76. The number of hydrogen-bond acceptors (Lipinski definition) is 3. The lowest BCUT2D eigenvalue weighted by Crippen LogP contribution is -2.18. The van der Waals surface area contributed by atoms with Gasteiger partial charge in [-0.3, -0.25) is 4.57 Å². The minimum absolute atomic E-state index is 0.102. The van der Waals surface area contributed by atoms with E-state index in [1.54, 1.807) is 24.4 Å². The molecule has 0 saturated carbocycles. The zero-order valence-electron chi connectivity index (χ0n) is 13.4. The molecule has 0 amide bonds. The van der Waals surface area contributed by atoms with E-state index >= 15 is 0 Å². The summed E-state index contributed by atoms with van der Waals surface area (Å²) in [4.78, 5) is 4.37. The molecule has 0 atom stereocenters. The highest BCUT2D eigenvalue weighted by Gasteiger charge is 2.29. The van der Waals surface area contributed by atoms with Crippen molar-refractivity contribution in [1.29, 1.82) is 5.26 Å². The van der Waals surface area contributed by atoms with Crippen LogP contribution in [0.3, 0.4) is 0 Å². The van der Waals surface area contributed by atoms with Crippen molar-refractivity contribution in [3.05, 3.63) is 87.1 Å². The Morgan fingerprint density at radius 2 is 2.04 bits per heavy atom. The summed E-state index contributed by atoms with van der Waals surface area (Å²) >= 11 is 6.36. The number of nitrogens with zero attached hydrogens (tertiary/aromatic N) is 4. The summed E-state index contributed by atoms with van der Waals surface area (Å²) in [5.74, 6) is 0.653. The highest BCUT2D eigenvalue weighted by molar-refractivity contribution is 6.35. The quantitative estimate of drug-likeness (QED) is 0.498. The van der Waals surface area contributed by atoms with Gasteiger partial charge in [-0.1, -0.05) is 23.7 Å². The van der Waals surface area contributed by atoms with Gasteiger partial charge in [-0.2, -0.15) is 10.0 Å². The number of hydrogen-bond donors (Lipinski definition) is 0. The van der Waals surface area contributed by atoms with Gasteiger partial charge in [0.2, 0.25) is 12.3 Å². The zero-order valence-corrected chi connectivity index (χ0v) is 14.2. The largest absolute Gasteiger partial charge is 0.623 e. The van der Waals surface area contributed by atoms with Gasteiger partial charge in [0.15, 0.2) is 5.82 Å². The molecule has 0 saturated heterocycles. The monoisotopic (exact) mass is 348 g/mol. The standard InChI is InChI=1S/C19H13ClN4O/c1-12-10-22-18-11-23(25)19(14-4-2-3-5-16(14)20)15-8-13(9-21)6-7-17(15)24(12)18/h2-8,10H,11H2,1H3. The molecule has 1 aliphatic rings. The highest BCUT2D eigenvalue weighted by atomic mass is 35.5. The number of nitriles is 1. The minimum Gasteiger partial charge on any atom is -0.623 e. The number of fused-ring (bicyclic) bond motifs is 3. The average Bonchev–Trinajstić information content (AvgIpc) is 2.91. The van der Waals surface area contributed by atoms with Gasteiger partial charge in [0, 0.05) is 11.9 Å². The molecule has 0 fully saturated rings. The first-order chi connectivity index (χ1) is 12.1. The summed E-state index contributed by atoms with van der Waals surface area (Å²) in [6.45, 7) is 2.04. The molecule has 0 bridgehead atoms. The number of aromatic nitrogens is 2. The van der Waals surface area contributed by atoms with Crippen molar-refractivity contribution >= 4 is 17.3 Å². The van der Waals surface area contributed by atoms with Crippen molar-refractivity contribution < 1.29 is 4.74 Å². The van der Waals surface area contributed by atoms with Crippen molar-refractivity contribution in [2.75, 3.05) is 0 Å². The van der Waals surface area contributed by atoms with Crippen molar-refractivity contribution in [3.63, 3.8) is 0 Å². The van der Waals surface area contributed by atoms with E-state index in [1.807, 2.05) is 35.8 Å². The molecule has 6 heteroatoms. The maximum Gasteiger partial charge on any atom is 0.229 e. The van der Waals surface area contributed by atoms with Gasteiger partial charge in [0.1, 0.15) is 0 Å². The van der Waals surface area contributed by atoms with E-state index in [0.29, 0.717) is 33.2 Å². The fourth-order valence-corrected chi connectivity index (χ4v) is 3.42. The molecule has 0 unspecified atom stereocenters. The van der Waals surface area contributed by atoms with Gasteiger partial charge < -0.3 is 5.21 Å². The van der Waals surface area contributed by atoms with Crippen molar-refractivity contribution in [1.82, 2.24) is 9.55 Å². The van der Waals surface area contributed by atoms with Crippen LogP contribution in [0.4, 0.5) is 0 Å². The van der Waals surface area contributed by atoms with Crippen molar-refractivity contribution in [2.45, 2.75) is 13.5 Å². The van der Waals surface area contributed by atoms with Crippen molar-refractivity contribution in [2.24, 2.45) is 0 Å². The van der Waals surface area contributed by atoms with Crippen LogP contribution in [-0.4, -0.2) is 20.0 Å². The van der Waals surface area contributed by atoms with Crippen LogP contribution in [-0.2, 0) is 6.54 Å². The number of halogens is 1. The molecule has 122 valence electrons. The number of benzene rings is 2. The highest BCUT2D eigenvalue weighted by Crippen LogP contribution is 2.29. The van der Waals surface area contributed by atoms with E-state index in [4.69, 9.17) is 11.6 Å². The first-order valence-electron chi connectivity index (χ1n) is 7.75. The van der Waals surface area contributed by atoms with Crippen LogP contribution in [0.2, 0.25) is 5.02 Å². The van der Waals surface area contributed by atoms with Crippen LogP contribution in [0.15, 0.2) is 48.7 Å². The molecule has 0 N–H and O–H groups in total. The molecule has 2 aromatic carbocycles. The molecule has 4 rings (SSSR count). The van der Waals surface area contributed by atoms with E-state index in [1.165, 1.54) is 0 Å². The normalized spacial score (nSPS) is 13.0. The van der Waals surface area contributed by atoms with Crippen LogP contribution >= 0.6 is 11.6 Å². The third-order valence-electron chi connectivity index (χ3n) is 4.30. The number of rotatable bonds is 1. The Bertz CT molecular complexity index is 1080. The van der Waals surface area contributed by atoms with E-state index in [0.717, 1.165) is 16.1 Å². The third-order valence-corrected chi connectivity index (χ3v) is 4.63. The number of aryl methyl sites for hydroxylation is 1. The Kier molecular flexibility index (Phi) is 3.56. The minimum atomic E-state index is 0.102. The third kappa shape index (κ3) is 2.39. The Hall–Kier alpha value is -3.10. The molecular formula is C19H13ClN4O. The maximum absolute atomic E-state index is 13.0. The fourth-order valence-electron chi connectivity index (χ4n) is 3.19. The number of hydroxylamine groups is 1. The Morgan fingerprint density at radius 1 is 1.24 bits per heavy atom. The van der Waals surface area contributed by atoms with E-state index in [2.05, 4.69) is 11.1 Å². The molecular weight excluding hydrogens is 336 g/mol. The Balaban J connectivity index is 2.10. The predicted octanol–water partition coefficient (Wildman–Crippen LogP) is 3.57. The molecule has 25 heavy (non-hydrogen) atoms. The summed E-state index contributed by atoms with van der Waals surface area (Å²) in [5, 5.41) is 22.8. The molecule has 0 aliphatic carbocycles. The number of imidazole rings is 1. The van der Waals surface area contributed by atoms with Crippen molar-refractivity contribution in [3.8, 4) is 11.8 Å². The van der Waals surface area contributed by atoms with Crippen LogP contribution in [0.25, 0.3) is 5.69 Å². The second-order valence-electron chi connectivity index (χ2n) is 5.86. The second-order valence-corrected chi connectivity index (χ2v) is 6.27. The van der Waals surface area contributed by atoms with E-state index < -0.39 is 0 Å². The first kappa shape index (κ1) is 15.4.